The molecule has 1 fully saturated rings. The van der Waals surface area contributed by atoms with E-state index in [2.05, 4.69) is 5.32 Å². The fraction of sp³-hybridized carbons (Fsp3) is 0.333. The average Bonchev–Trinajstić information content (AvgIpc) is 2.68. The molecule has 0 saturated carbocycles. The molecular weight excluding hydrogens is 345 g/mol. The van der Waals surface area contributed by atoms with Crippen LogP contribution < -0.4 is 10.2 Å². The first-order valence-corrected chi connectivity index (χ1v) is 9.14. The number of halogens is 1. The number of rotatable bonds is 4. The molecule has 5 nitrogen and oxygen atoms in total. The Labute approximate surface area is 158 Å². The maximum Gasteiger partial charge on any atom is 0.258 e. The number of hydrogen-bond acceptors (Lipinski definition) is 3. The summed E-state index contributed by atoms with van der Waals surface area (Å²) < 4.78 is 13.8. The fourth-order valence-electron chi connectivity index (χ4n) is 3.29. The van der Waals surface area contributed by atoms with Gasteiger partial charge in [0.15, 0.2) is 0 Å². The number of piperidine rings is 1. The number of hydrogen-bond donors (Lipinski definition) is 1. The Morgan fingerprint density at radius 1 is 1.00 bits per heavy atom. The van der Waals surface area contributed by atoms with Gasteiger partial charge >= 0.3 is 0 Å². The monoisotopic (exact) mass is 369 g/mol. The predicted molar refractivity (Wildman–Crippen MR) is 105 cm³/mol. The lowest BCUT2D eigenvalue weighted by Crippen LogP contribution is -2.36. The van der Waals surface area contributed by atoms with Gasteiger partial charge in [-0.3, -0.25) is 9.59 Å². The van der Waals surface area contributed by atoms with E-state index in [4.69, 9.17) is 0 Å². The standard InChI is InChI=1S/C21H24FN3O2/c1-24(2)19-11-10-15(23-20(26)16-8-4-5-9-18(16)22)14-17(19)21(27)25-12-6-3-7-13-25/h4-5,8-11,14H,3,6-7,12-13H2,1-2H3,(H,23,26). The second kappa shape index (κ2) is 8.20. The van der Waals surface area contributed by atoms with Crippen molar-refractivity contribution in [2.45, 2.75) is 19.3 Å². The minimum atomic E-state index is -0.579. The normalized spacial score (nSPS) is 14.0. The first-order chi connectivity index (χ1) is 13.0. The first-order valence-electron chi connectivity index (χ1n) is 9.14. The summed E-state index contributed by atoms with van der Waals surface area (Å²) in [6.45, 7) is 1.50. The van der Waals surface area contributed by atoms with Crippen LogP contribution in [0.3, 0.4) is 0 Å². The Hall–Kier alpha value is -2.89. The van der Waals surface area contributed by atoms with E-state index in [1.807, 2.05) is 23.9 Å². The molecule has 1 saturated heterocycles. The van der Waals surface area contributed by atoms with E-state index in [0.29, 0.717) is 11.3 Å². The molecule has 1 N–H and O–H groups in total. The Kier molecular flexibility index (Phi) is 5.74. The minimum Gasteiger partial charge on any atom is -0.377 e. The summed E-state index contributed by atoms with van der Waals surface area (Å²) in [5, 5.41) is 2.70. The van der Waals surface area contributed by atoms with E-state index in [9.17, 15) is 14.0 Å². The van der Waals surface area contributed by atoms with E-state index < -0.39 is 11.7 Å². The van der Waals surface area contributed by atoms with Crippen LogP contribution >= 0.6 is 0 Å². The predicted octanol–water partition coefficient (Wildman–Crippen LogP) is 3.77. The van der Waals surface area contributed by atoms with Crippen molar-refractivity contribution in [3.05, 3.63) is 59.4 Å². The van der Waals surface area contributed by atoms with Gasteiger partial charge in [0.05, 0.1) is 11.1 Å². The number of nitrogens with one attached hydrogen (secondary N) is 1. The van der Waals surface area contributed by atoms with Crippen LogP contribution in [0.5, 0.6) is 0 Å². The third-order valence-electron chi connectivity index (χ3n) is 4.73. The molecule has 0 atom stereocenters. The number of anilines is 2. The second-order valence-electron chi connectivity index (χ2n) is 6.91. The van der Waals surface area contributed by atoms with Crippen molar-refractivity contribution in [3.63, 3.8) is 0 Å². The van der Waals surface area contributed by atoms with Gasteiger partial charge in [-0.2, -0.15) is 0 Å². The molecular formula is C21H24FN3O2. The Morgan fingerprint density at radius 2 is 1.70 bits per heavy atom. The van der Waals surface area contributed by atoms with E-state index in [-0.39, 0.29) is 11.5 Å². The zero-order valence-electron chi connectivity index (χ0n) is 15.7. The summed E-state index contributed by atoms with van der Waals surface area (Å²) >= 11 is 0. The highest BCUT2D eigenvalue weighted by Crippen LogP contribution is 2.26. The largest absolute Gasteiger partial charge is 0.377 e. The molecule has 0 aliphatic carbocycles. The van der Waals surface area contributed by atoms with Crippen molar-refractivity contribution in [2.24, 2.45) is 0 Å². The molecule has 3 rings (SSSR count). The Morgan fingerprint density at radius 3 is 2.37 bits per heavy atom. The van der Waals surface area contributed by atoms with Gasteiger partial charge < -0.3 is 15.1 Å². The van der Waals surface area contributed by atoms with E-state index in [1.54, 1.807) is 24.3 Å². The molecule has 0 aromatic heterocycles. The summed E-state index contributed by atoms with van der Waals surface area (Å²) in [5.41, 5.74) is 1.76. The van der Waals surface area contributed by atoms with Gasteiger partial charge in [0.25, 0.3) is 11.8 Å². The molecule has 2 amide bonds. The summed E-state index contributed by atoms with van der Waals surface area (Å²) in [5.74, 6) is -1.16. The summed E-state index contributed by atoms with van der Waals surface area (Å²) in [4.78, 5) is 29.1. The molecule has 2 aromatic carbocycles. The molecule has 2 aromatic rings. The van der Waals surface area contributed by atoms with Gasteiger partial charge in [0, 0.05) is 38.6 Å². The highest BCUT2D eigenvalue weighted by molar-refractivity contribution is 6.06. The molecule has 0 unspecified atom stereocenters. The van der Waals surface area contributed by atoms with Crippen molar-refractivity contribution in [1.29, 1.82) is 0 Å². The van der Waals surface area contributed by atoms with Crippen LogP contribution in [-0.2, 0) is 0 Å². The first kappa shape index (κ1) is 18.9. The highest BCUT2D eigenvalue weighted by Gasteiger charge is 2.22. The van der Waals surface area contributed by atoms with Crippen LogP contribution in [0.15, 0.2) is 42.5 Å². The van der Waals surface area contributed by atoms with Crippen molar-refractivity contribution in [3.8, 4) is 0 Å². The van der Waals surface area contributed by atoms with Crippen molar-refractivity contribution in [2.75, 3.05) is 37.4 Å². The molecule has 27 heavy (non-hydrogen) atoms. The molecule has 1 aliphatic rings. The highest BCUT2D eigenvalue weighted by atomic mass is 19.1. The number of carbonyl (C=O) groups excluding carboxylic acids is 2. The Balaban J connectivity index is 1.88. The lowest BCUT2D eigenvalue weighted by atomic mass is 10.1. The summed E-state index contributed by atoms with van der Waals surface area (Å²) in [6, 6.07) is 11.0. The van der Waals surface area contributed by atoms with Gasteiger partial charge in [-0.1, -0.05) is 12.1 Å². The number of carbonyl (C=O) groups is 2. The third kappa shape index (κ3) is 4.27. The van der Waals surface area contributed by atoms with Crippen LogP contribution in [0.4, 0.5) is 15.8 Å². The molecule has 1 aliphatic heterocycles. The zero-order chi connectivity index (χ0) is 19.4. The quantitative estimate of drug-likeness (QED) is 0.893. The molecule has 142 valence electrons. The lowest BCUT2D eigenvalue weighted by Gasteiger charge is -2.28. The minimum absolute atomic E-state index is 0.0295. The van der Waals surface area contributed by atoms with Crippen molar-refractivity contribution >= 4 is 23.2 Å². The van der Waals surface area contributed by atoms with Gasteiger partial charge in [0.2, 0.25) is 0 Å². The van der Waals surface area contributed by atoms with Crippen LogP contribution in [0.25, 0.3) is 0 Å². The van der Waals surface area contributed by atoms with Crippen LogP contribution in [0, 0.1) is 5.82 Å². The van der Waals surface area contributed by atoms with E-state index in [1.165, 1.54) is 18.2 Å². The molecule has 0 radical (unpaired) electrons. The van der Waals surface area contributed by atoms with Crippen LogP contribution in [0.2, 0.25) is 0 Å². The fourth-order valence-corrected chi connectivity index (χ4v) is 3.29. The summed E-state index contributed by atoms with van der Waals surface area (Å²) in [6.07, 6.45) is 3.16. The summed E-state index contributed by atoms with van der Waals surface area (Å²) in [7, 11) is 3.75. The lowest BCUT2D eigenvalue weighted by molar-refractivity contribution is 0.0724. The van der Waals surface area contributed by atoms with E-state index >= 15 is 0 Å². The second-order valence-corrected chi connectivity index (χ2v) is 6.91. The maximum absolute atomic E-state index is 13.8. The maximum atomic E-state index is 13.8. The van der Waals surface area contributed by atoms with Crippen molar-refractivity contribution < 1.29 is 14.0 Å². The van der Waals surface area contributed by atoms with Crippen molar-refractivity contribution in [1.82, 2.24) is 4.90 Å². The zero-order valence-corrected chi connectivity index (χ0v) is 15.7. The van der Waals surface area contributed by atoms with Gasteiger partial charge in [-0.05, 0) is 49.6 Å². The number of nitrogens with zero attached hydrogens (tertiary/aromatic N) is 2. The third-order valence-corrected chi connectivity index (χ3v) is 4.73. The molecule has 1 heterocycles. The number of likely N-dealkylation sites (tertiary alicyclic amines) is 1. The van der Waals surface area contributed by atoms with Crippen LogP contribution in [0.1, 0.15) is 40.0 Å². The van der Waals surface area contributed by atoms with E-state index in [0.717, 1.165) is 38.0 Å². The average molecular weight is 369 g/mol. The van der Waals surface area contributed by atoms with Gasteiger partial charge in [-0.25, -0.2) is 4.39 Å². The molecule has 0 bridgehead atoms. The molecule has 6 heteroatoms. The van der Waals surface area contributed by atoms with Gasteiger partial charge in [-0.15, -0.1) is 0 Å². The Bertz CT molecular complexity index is 845. The SMILES string of the molecule is CN(C)c1ccc(NC(=O)c2ccccc2F)cc1C(=O)N1CCCCC1. The number of benzene rings is 2. The van der Waals surface area contributed by atoms with Gasteiger partial charge in [0.1, 0.15) is 5.82 Å². The molecule has 0 spiro atoms. The number of amides is 2. The topological polar surface area (TPSA) is 52.7 Å². The smallest absolute Gasteiger partial charge is 0.258 e. The van der Waals surface area contributed by atoms with Crippen LogP contribution in [-0.4, -0.2) is 43.9 Å².